The molecule has 0 aliphatic rings. The summed E-state index contributed by atoms with van der Waals surface area (Å²) in [6.45, 7) is 1.72. The van der Waals surface area contributed by atoms with Crippen molar-refractivity contribution in [2.24, 2.45) is 5.73 Å². The van der Waals surface area contributed by atoms with E-state index in [2.05, 4.69) is 22.8 Å². The summed E-state index contributed by atoms with van der Waals surface area (Å²) < 4.78 is 0. The number of aryl methyl sites for hydroxylation is 1. The lowest BCUT2D eigenvalue weighted by molar-refractivity contribution is -0.121. The minimum Gasteiger partial charge on any atom is -0.351 e. The molecule has 0 aliphatic carbocycles. The van der Waals surface area contributed by atoms with Crippen molar-refractivity contribution < 1.29 is 9.59 Å². The van der Waals surface area contributed by atoms with Crippen LogP contribution >= 0.6 is 0 Å². The molecule has 0 radical (unpaired) electrons. The second-order valence-corrected chi connectivity index (χ2v) is 5.73. The molecule has 24 heavy (non-hydrogen) atoms. The van der Waals surface area contributed by atoms with Crippen LogP contribution in [0.15, 0.2) is 60.7 Å². The van der Waals surface area contributed by atoms with Gasteiger partial charge in [-0.1, -0.05) is 60.7 Å². The SMILES string of the molecule is C[C@@H](N[C@H](CCc1ccccc1)c1ccccc1)C(=O)NC(N)=O. The van der Waals surface area contributed by atoms with Crippen LogP contribution in [0.2, 0.25) is 0 Å². The number of urea groups is 1. The van der Waals surface area contributed by atoms with E-state index < -0.39 is 18.0 Å². The fourth-order valence-electron chi connectivity index (χ4n) is 2.59. The van der Waals surface area contributed by atoms with E-state index >= 15 is 0 Å². The van der Waals surface area contributed by atoms with E-state index in [0.717, 1.165) is 18.4 Å². The molecule has 0 aromatic heterocycles. The highest BCUT2D eigenvalue weighted by atomic mass is 16.2. The Morgan fingerprint density at radius 3 is 2.17 bits per heavy atom. The molecule has 5 nitrogen and oxygen atoms in total. The third kappa shape index (κ3) is 5.52. The van der Waals surface area contributed by atoms with E-state index in [0.29, 0.717) is 0 Å². The topological polar surface area (TPSA) is 84.2 Å². The molecule has 0 saturated carbocycles. The zero-order valence-corrected chi connectivity index (χ0v) is 13.7. The smallest absolute Gasteiger partial charge is 0.318 e. The molecule has 4 N–H and O–H groups in total. The molecule has 0 aliphatic heterocycles. The van der Waals surface area contributed by atoms with Gasteiger partial charge in [-0.2, -0.15) is 0 Å². The number of rotatable bonds is 7. The van der Waals surface area contributed by atoms with Gasteiger partial charge in [-0.25, -0.2) is 4.79 Å². The molecule has 5 heteroatoms. The second kappa shape index (κ2) is 8.84. The summed E-state index contributed by atoms with van der Waals surface area (Å²) in [7, 11) is 0. The maximum Gasteiger partial charge on any atom is 0.318 e. The number of imide groups is 1. The number of benzene rings is 2. The third-order valence-electron chi connectivity index (χ3n) is 3.86. The van der Waals surface area contributed by atoms with Gasteiger partial charge in [-0.05, 0) is 30.9 Å². The van der Waals surface area contributed by atoms with Gasteiger partial charge < -0.3 is 5.73 Å². The van der Waals surface area contributed by atoms with Gasteiger partial charge in [0.05, 0.1) is 6.04 Å². The lowest BCUT2D eigenvalue weighted by Gasteiger charge is -2.23. The molecular weight excluding hydrogens is 302 g/mol. The fraction of sp³-hybridized carbons (Fsp3) is 0.263. The number of primary amides is 1. The van der Waals surface area contributed by atoms with Gasteiger partial charge in [0.15, 0.2) is 0 Å². The molecule has 0 spiro atoms. The standard InChI is InChI=1S/C19H23N3O2/c1-14(18(23)22-19(20)24)21-17(16-10-6-3-7-11-16)13-12-15-8-4-2-5-9-15/h2-11,14,17,21H,12-13H2,1H3,(H3,20,22,23,24)/t14-,17-/m1/s1. The van der Waals surface area contributed by atoms with Gasteiger partial charge in [-0.3, -0.25) is 15.4 Å². The first-order valence-electron chi connectivity index (χ1n) is 8.01. The van der Waals surface area contributed by atoms with Crippen molar-refractivity contribution in [2.75, 3.05) is 0 Å². The van der Waals surface area contributed by atoms with Crippen molar-refractivity contribution >= 4 is 11.9 Å². The van der Waals surface area contributed by atoms with E-state index in [9.17, 15) is 9.59 Å². The number of hydrogen-bond acceptors (Lipinski definition) is 3. The Hall–Kier alpha value is -2.66. The molecule has 126 valence electrons. The summed E-state index contributed by atoms with van der Waals surface area (Å²) in [5.41, 5.74) is 7.36. The highest BCUT2D eigenvalue weighted by Gasteiger charge is 2.20. The summed E-state index contributed by atoms with van der Waals surface area (Å²) in [5, 5.41) is 5.40. The van der Waals surface area contributed by atoms with Crippen LogP contribution in [0.25, 0.3) is 0 Å². The highest BCUT2D eigenvalue weighted by Crippen LogP contribution is 2.20. The first kappa shape index (κ1) is 17.7. The zero-order valence-electron chi connectivity index (χ0n) is 13.7. The van der Waals surface area contributed by atoms with Crippen molar-refractivity contribution in [1.29, 1.82) is 0 Å². The molecule has 0 heterocycles. The van der Waals surface area contributed by atoms with Crippen LogP contribution in [0.5, 0.6) is 0 Å². The number of carbonyl (C=O) groups excluding carboxylic acids is 2. The van der Waals surface area contributed by atoms with Gasteiger partial charge in [0, 0.05) is 6.04 Å². The number of hydrogen-bond donors (Lipinski definition) is 3. The lowest BCUT2D eigenvalue weighted by Crippen LogP contribution is -2.47. The van der Waals surface area contributed by atoms with Crippen molar-refractivity contribution in [3.05, 3.63) is 71.8 Å². The maximum atomic E-state index is 11.9. The Labute approximate surface area is 142 Å². The van der Waals surface area contributed by atoms with Crippen LogP contribution in [-0.4, -0.2) is 18.0 Å². The quantitative estimate of drug-likeness (QED) is 0.731. The largest absolute Gasteiger partial charge is 0.351 e. The molecule has 0 fully saturated rings. The molecule has 2 aromatic carbocycles. The molecule has 0 unspecified atom stereocenters. The first-order chi connectivity index (χ1) is 11.6. The summed E-state index contributed by atoms with van der Waals surface area (Å²) >= 11 is 0. The van der Waals surface area contributed by atoms with Crippen molar-refractivity contribution in [3.63, 3.8) is 0 Å². The van der Waals surface area contributed by atoms with Crippen LogP contribution in [0.3, 0.4) is 0 Å². The first-order valence-corrected chi connectivity index (χ1v) is 8.01. The maximum absolute atomic E-state index is 11.9. The van der Waals surface area contributed by atoms with E-state index in [1.807, 2.05) is 48.5 Å². The Morgan fingerprint density at radius 2 is 1.58 bits per heavy atom. The minimum atomic E-state index is -0.839. The number of nitrogens with one attached hydrogen (secondary N) is 2. The van der Waals surface area contributed by atoms with Gasteiger partial charge >= 0.3 is 6.03 Å². The van der Waals surface area contributed by atoms with E-state index in [1.54, 1.807) is 6.92 Å². The molecule has 0 saturated heterocycles. The average molecular weight is 325 g/mol. The monoisotopic (exact) mass is 325 g/mol. The molecule has 0 bridgehead atoms. The van der Waals surface area contributed by atoms with Crippen LogP contribution < -0.4 is 16.4 Å². The Kier molecular flexibility index (Phi) is 6.51. The molecule has 3 amide bonds. The summed E-state index contributed by atoms with van der Waals surface area (Å²) in [6, 6.07) is 18.8. The van der Waals surface area contributed by atoms with Crippen molar-refractivity contribution in [1.82, 2.24) is 10.6 Å². The number of nitrogens with two attached hydrogens (primary N) is 1. The van der Waals surface area contributed by atoms with Gasteiger partial charge in [0.1, 0.15) is 0 Å². The Morgan fingerprint density at radius 1 is 1.00 bits per heavy atom. The highest BCUT2D eigenvalue weighted by molar-refractivity contribution is 5.96. The van der Waals surface area contributed by atoms with E-state index in [-0.39, 0.29) is 6.04 Å². The van der Waals surface area contributed by atoms with Gasteiger partial charge in [-0.15, -0.1) is 0 Å². The third-order valence-corrected chi connectivity index (χ3v) is 3.86. The summed E-state index contributed by atoms with van der Waals surface area (Å²) in [6.07, 6.45) is 1.72. The molecule has 2 rings (SSSR count). The summed E-state index contributed by atoms with van der Waals surface area (Å²) in [5.74, 6) is -0.428. The number of amides is 3. The Balaban J connectivity index is 2.05. The Bertz CT molecular complexity index is 659. The fourth-order valence-corrected chi connectivity index (χ4v) is 2.59. The van der Waals surface area contributed by atoms with Crippen molar-refractivity contribution in [3.8, 4) is 0 Å². The predicted molar refractivity (Wildman–Crippen MR) is 94.3 cm³/mol. The van der Waals surface area contributed by atoms with E-state index in [4.69, 9.17) is 5.73 Å². The molecule has 2 aromatic rings. The summed E-state index contributed by atoms with van der Waals surface area (Å²) in [4.78, 5) is 22.8. The minimum absolute atomic E-state index is 0.0000302. The van der Waals surface area contributed by atoms with Crippen LogP contribution in [0, 0.1) is 0 Å². The zero-order chi connectivity index (χ0) is 17.4. The molecule has 2 atom stereocenters. The van der Waals surface area contributed by atoms with E-state index in [1.165, 1.54) is 5.56 Å². The second-order valence-electron chi connectivity index (χ2n) is 5.73. The van der Waals surface area contributed by atoms with Gasteiger partial charge in [0.2, 0.25) is 5.91 Å². The van der Waals surface area contributed by atoms with Crippen molar-refractivity contribution in [2.45, 2.75) is 31.8 Å². The van der Waals surface area contributed by atoms with Gasteiger partial charge in [0.25, 0.3) is 0 Å². The predicted octanol–water partition coefficient (Wildman–Crippen LogP) is 2.53. The average Bonchev–Trinajstić information content (AvgIpc) is 2.59. The number of carbonyl (C=O) groups is 2. The molecular formula is C19H23N3O2. The lowest BCUT2D eigenvalue weighted by atomic mass is 9.98. The van der Waals surface area contributed by atoms with Crippen LogP contribution in [0.1, 0.15) is 30.5 Å². The van der Waals surface area contributed by atoms with Crippen LogP contribution in [-0.2, 0) is 11.2 Å². The van der Waals surface area contributed by atoms with Crippen LogP contribution in [0.4, 0.5) is 4.79 Å². The normalized spacial score (nSPS) is 13.0.